The van der Waals surface area contributed by atoms with Crippen molar-refractivity contribution in [3.8, 4) is 0 Å². The lowest BCUT2D eigenvalue weighted by atomic mass is 10.1. The zero-order valence-electron chi connectivity index (χ0n) is 13.2. The molecule has 1 saturated heterocycles. The molecule has 0 bridgehead atoms. The highest BCUT2D eigenvalue weighted by molar-refractivity contribution is 5.48. The van der Waals surface area contributed by atoms with Gasteiger partial charge in [-0.2, -0.15) is 0 Å². The Morgan fingerprint density at radius 2 is 1.95 bits per heavy atom. The second kappa shape index (κ2) is 7.65. The van der Waals surface area contributed by atoms with Crippen LogP contribution >= 0.6 is 0 Å². The van der Waals surface area contributed by atoms with E-state index in [0.29, 0.717) is 6.04 Å². The first-order valence-corrected chi connectivity index (χ1v) is 7.96. The van der Waals surface area contributed by atoms with Crippen molar-refractivity contribution in [2.45, 2.75) is 33.2 Å². The molecule has 1 heterocycles. The van der Waals surface area contributed by atoms with Crippen LogP contribution in [0.25, 0.3) is 0 Å². The van der Waals surface area contributed by atoms with Gasteiger partial charge in [0.15, 0.2) is 0 Å². The second-order valence-corrected chi connectivity index (χ2v) is 5.92. The lowest BCUT2D eigenvalue weighted by molar-refractivity contribution is 0.245. The van der Waals surface area contributed by atoms with E-state index in [4.69, 9.17) is 0 Å². The molecule has 1 aromatic rings. The summed E-state index contributed by atoms with van der Waals surface area (Å²) in [5.74, 6) is 0. The molecule has 1 aliphatic heterocycles. The smallest absolute Gasteiger partial charge is 0.0369 e. The molecular formula is C17H29N3. The summed E-state index contributed by atoms with van der Waals surface area (Å²) < 4.78 is 0. The highest BCUT2D eigenvalue weighted by Gasteiger charge is 2.17. The first-order valence-electron chi connectivity index (χ1n) is 7.96. The van der Waals surface area contributed by atoms with Crippen LogP contribution in [0, 0.1) is 6.92 Å². The van der Waals surface area contributed by atoms with Gasteiger partial charge < -0.3 is 10.2 Å². The van der Waals surface area contributed by atoms with E-state index in [0.717, 1.165) is 19.6 Å². The molecule has 1 aromatic carbocycles. The van der Waals surface area contributed by atoms with E-state index in [1.165, 1.54) is 37.3 Å². The molecule has 1 N–H and O–H groups in total. The Bertz CT molecular complexity index is 397. The van der Waals surface area contributed by atoms with E-state index in [1.54, 1.807) is 0 Å². The predicted octanol–water partition coefficient (Wildman–Crippen LogP) is 2.51. The summed E-state index contributed by atoms with van der Waals surface area (Å²) in [6.45, 7) is 13.6. The van der Waals surface area contributed by atoms with Gasteiger partial charge in [-0.25, -0.2) is 0 Å². The molecule has 0 amide bonds. The predicted molar refractivity (Wildman–Crippen MR) is 87.6 cm³/mol. The maximum atomic E-state index is 3.49. The summed E-state index contributed by atoms with van der Waals surface area (Å²) in [6, 6.07) is 9.49. The van der Waals surface area contributed by atoms with Gasteiger partial charge in [-0.05, 0) is 51.1 Å². The van der Waals surface area contributed by atoms with Crippen molar-refractivity contribution in [2.75, 3.05) is 44.2 Å². The van der Waals surface area contributed by atoms with E-state index < -0.39 is 0 Å². The molecule has 1 unspecified atom stereocenters. The van der Waals surface area contributed by atoms with Crippen molar-refractivity contribution in [1.82, 2.24) is 10.2 Å². The van der Waals surface area contributed by atoms with Crippen LogP contribution in [-0.4, -0.2) is 50.2 Å². The zero-order chi connectivity index (χ0) is 14.4. The molecular weight excluding hydrogens is 246 g/mol. The Morgan fingerprint density at radius 1 is 1.20 bits per heavy atom. The van der Waals surface area contributed by atoms with Gasteiger partial charge in [0.25, 0.3) is 0 Å². The topological polar surface area (TPSA) is 18.5 Å². The van der Waals surface area contributed by atoms with Crippen LogP contribution in [0.3, 0.4) is 0 Å². The van der Waals surface area contributed by atoms with Crippen LogP contribution < -0.4 is 10.2 Å². The van der Waals surface area contributed by atoms with Gasteiger partial charge in [-0.3, -0.25) is 4.90 Å². The molecule has 2 rings (SSSR count). The van der Waals surface area contributed by atoms with Crippen molar-refractivity contribution < 1.29 is 0 Å². The van der Waals surface area contributed by atoms with Gasteiger partial charge in [-0.15, -0.1) is 0 Å². The molecule has 1 atom stereocenters. The van der Waals surface area contributed by atoms with Crippen molar-refractivity contribution in [3.05, 3.63) is 29.8 Å². The Balaban J connectivity index is 1.75. The third kappa shape index (κ3) is 4.50. The van der Waals surface area contributed by atoms with Gasteiger partial charge >= 0.3 is 0 Å². The van der Waals surface area contributed by atoms with Gasteiger partial charge in [-0.1, -0.05) is 19.1 Å². The van der Waals surface area contributed by atoms with Crippen molar-refractivity contribution in [3.63, 3.8) is 0 Å². The Kier molecular flexibility index (Phi) is 5.86. The molecule has 3 nitrogen and oxygen atoms in total. The third-order valence-corrected chi connectivity index (χ3v) is 4.17. The second-order valence-electron chi connectivity index (χ2n) is 5.92. The van der Waals surface area contributed by atoms with Gasteiger partial charge in [0.05, 0.1) is 0 Å². The molecule has 0 radical (unpaired) electrons. The first-order chi connectivity index (χ1) is 9.69. The van der Waals surface area contributed by atoms with Crippen LogP contribution in [0.4, 0.5) is 5.69 Å². The van der Waals surface area contributed by atoms with Crippen LogP contribution in [0.15, 0.2) is 24.3 Å². The van der Waals surface area contributed by atoms with E-state index in [2.05, 4.69) is 60.2 Å². The maximum absolute atomic E-state index is 3.49. The summed E-state index contributed by atoms with van der Waals surface area (Å²) in [5, 5.41) is 3.49. The van der Waals surface area contributed by atoms with Crippen LogP contribution in [0.5, 0.6) is 0 Å². The molecule has 3 heteroatoms. The molecule has 112 valence electrons. The number of piperazine rings is 1. The molecule has 0 spiro atoms. The van der Waals surface area contributed by atoms with Gasteiger partial charge in [0.1, 0.15) is 0 Å². The number of hydrogen-bond acceptors (Lipinski definition) is 3. The van der Waals surface area contributed by atoms with E-state index >= 15 is 0 Å². The number of benzene rings is 1. The minimum Gasteiger partial charge on any atom is -0.369 e. The summed E-state index contributed by atoms with van der Waals surface area (Å²) in [4.78, 5) is 5.11. The molecule has 1 aliphatic rings. The summed E-state index contributed by atoms with van der Waals surface area (Å²) in [7, 11) is 0. The standard InChI is InChI=1S/C17H29N3/c1-4-18-16(3)8-9-19-10-12-20(13-11-19)17-7-5-6-15(2)14-17/h5-7,14,16,18H,4,8-13H2,1-3H3. The number of nitrogens with one attached hydrogen (secondary N) is 1. The number of anilines is 1. The fourth-order valence-corrected chi connectivity index (χ4v) is 2.88. The van der Waals surface area contributed by atoms with Crippen LogP contribution in [0.2, 0.25) is 0 Å². The van der Waals surface area contributed by atoms with Crippen molar-refractivity contribution in [1.29, 1.82) is 0 Å². The minimum atomic E-state index is 0.634. The molecule has 0 aliphatic carbocycles. The monoisotopic (exact) mass is 275 g/mol. The van der Waals surface area contributed by atoms with E-state index in [1.807, 2.05) is 0 Å². The largest absolute Gasteiger partial charge is 0.369 e. The minimum absolute atomic E-state index is 0.634. The van der Waals surface area contributed by atoms with Crippen LogP contribution in [-0.2, 0) is 0 Å². The van der Waals surface area contributed by atoms with Crippen molar-refractivity contribution >= 4 is 5.69 Å². The molecule has 0 saturated carbocycles. The SMILES string of the molecule is CCNC(C)CCN1CCN(c2cccc(C)c2)CC1. The van der Waals surface area contributed by atoms with Crippen molar-refractivity contribution in [2.24, 2.45) is 0 Å². The lowest BCUT2D eigenvalue weighted by Crippen LogP contribution is -2.47. The third-order valence-electron chi connectivity index (χ3n) is 4.17. The Hall–Kier alpha value is -1.06. The molecule has 0 aromatic heterocycles. The number of nitrogens with zero attached hydrogens (tertiary/aromatic N) is 2. The Labute approximate surface area is 124 Å². The zero-order valence-corrected chi connectivity index (χ0v) is 13.2. The maximum Gasteiger partial charge on any atom is 0.0369 e. The molecule has 20 heavy (non-hydrogen) atoms. The summed E-state index contributed by atoms with van der Waals surface area (Å²) in [5.41, 5.74) is 2.73. The highest BCUT2D eigenvalue weighted by Crippen LogP contribution is 2.17. The average Bonchev–Trinajstić information content (AvgIpc) is 2.46. The van der Waals surface area contributed by atoms with Gasteiger partial charge in [0, 0.05) is 37.9 Å². The number of aryl methyl sites for hydroxylation is 1. The Morgan fingerprint density at radius 3 is 2.60 bits per heavy atom. The molecule has 1 fully saturated rings. The fourth-order valence-electron chi connectivity index (χ4n) is 2.88. The quantitative estimate of drug-likeness (QED) is 0.860. The summed E-state index contributed by atoms with van der Waals surface area (Å²) >= 11 is 0. The average molecular weight is 275 g/mol. The fraction of sp³-hybridized carbons (Fsp3) is 0.647. The summed E-state index contributed by atoms with van der Waals surface area (Å²) in [6.07, 6.45) is 1.25. The normalized spacial score (nSPS) is 18.2. The van der Waals surface area contributed by atoms with Gasteiger partial charge in [0.2, 0.25) is 0 Å². The number of rotatable bonds is 6. The number of hydrogen-bond donors (Lipinski definition) is 1. The van der Waals surface area contributed by atoms with Crippen LogP contribution in [0.1, 0.15) is 25.8 Å². The highest BCUT2D eigenvalue weighted by atomic mass is 15.3. The lowest BCUT2D eigenvalue weighted by Gasteiger charge is -2.36. The first kappa shape index (κ1) is 15.3. The van der Waals surface area contributed by atoms with E-state index in [-0.39, 0.29) is 0 Å². The van der Waals surface area contributed by atoms with E-state index in [9.17, 15) is 0 Å².